The van der Waals surface area contributed by atoms with Gasteiger partial charge in [0.15, 0.2) is 28.7 Å². The molecule has 2 aromatic carbocycles. The molecule has 0 bridgehead atoms. The molecule has 0 radical (unpaired) electrons. The van der Waals surface area contributed by atoms with Crippen LogP contribution in [0.3, 0.4) is 0 Å². The van der Waals surface area contributed by atoms with Crippen molar-refractivity contribution in [1.29, 1.82) is 0 Å². The van der Waals surface area contributed by atoms with Gasteiger partial charge in [0.1, 0.15) is 37.3 Å². The van der Waals surface area contributed by atoms with Gasteiger partial charge in [0, 0.05) is 5.56 Å². The predicted molar refractivity (Wildman–Crippen MR) is 104 cm³/mol. The van der Waals surface area contributed by atoms with Gasteiger partial charge in [-0.2, -0.15) is 0 Å². The summed E-state index contributed by atoms with van der Waals surface area (Å²) in [5, 5.41) is 78.3. The zero-order chi connectivity index (χ0) is 24.4. The predicted octanol–water partition coefficient (Wildman–Crippen LogP) is -0.930. The van der Waals surface area contributed by atoms with Gasteiger partial charge in [0.2, 0.25) is 12.0 Å². The largest absolute Gasteiger partial charge is 0.504 e. The Hall–Kier alpha value is -3.78. The van der Waals surface area contributed by atoms with Crippen molar-refractivity contribution in [3.63, 3.8) is 0 Å². The van der Waals surface area contributed by atoms with Gasteiger partial charge in [0.05, 0.1) is 5.56 Å². The maximum atomic E-state index is 12.2. The lowest BCUT2D eigenvalue weighted by Crippen LogP contribution is -2.60. The summed E-state index contributed by atoms with van der Waals surface area (Å²) in [6.07, 6.45) is -8.29. The molecule has 8 N–H and O–H groups in total. The summed E-state index contributed by atoms with van der Waals surface area (Å²) < 4.78 is 15.5. The van der Waals surface area contributed by atoms with E-state index in [-0.39, 0.29) is 11.1 Å². The van der Waals surface area contributed by atoms with E-state index in [4.69, 9.17) is 14.2 Å². The minimum Gasteiger partial charge on any atom is -0.504 e. The molecule has 1 aliphatic heterocycles. The number of aldehydes is 1. The number of phenolic OH excluding ortho intramolecular Hbond substituents is 5. The average molecular weight is 468 g/mol. The highest BCUT2D eigenvalue weighted by atomic mass is 16.7. The van der Waals surface area contributed by atoms with Crippen molar-refractivity contribution in [2.24, 2.45) is 0 Å². The molecule has 1 heterocycles. The fourth-order valence-electron chi connectivity index (χ4n) is 3.01. The van der Waals surface area contributed by atoms with E-state index >= 15 is 0 Å². The third-order valence-corrected chi connectivity index (χ3v) is 4.81. The Balaban J connectivity index is 1.74. The number of phenols is 5. The van der Waals surface area contributed by atoms with E-state index in [2.05, 4.69) is 0 Å². The van der Waals surface area contributed by atoms with Gasteiger partial charge in [-0.05, 0) is 24.3 Å². The molecule has 5 atom stereocenters. The standard InChI is InChI=1S/C20H20O13/c21-5-7-1-9(22)15(26)12(2-7)32-20-18(29)17(28)16(27)13(33-20)6-31-19(30)8-3-10(23)14(25)11(24)4-8/h1-5,13,16-18,20,22-29H,6H2. The van der Waals surface area contributed by atoms with Crippen LogP contribution in [0.1, 0.15) is 20.7 Å². The molecular formula is C20H20O13. The summed E-state index contributed by atoms with van der Waals surface area (Å²) in [4.78, 5) is 23.1. The number of aliphatic hydroxyl groups excluding tert-OH is 3. The topological polar surface area (TPSA) is 224 Å². The van der Waals surface area contributed by atoms with Crippen molar-refractivity contribution < 1.29 is 64.7 Å². The number of aliphatic hydroxyl groups is 3. The Morgan fingerprint density at radius 2 is 1.48 bits per heavy atom. The molecule has 13 nitrogen and oxygen atoms in total. The Kier molecular flexibility index (Phi) is 6.78. The number of rotatable bonds is 6. The maximum absolute atomic E-state index is 12.2. The van der Waals surface area contributed by atoms with Crippen molar-refractivity contribution >= 4 is 12.3 Å². The van der Waals surface area contributed by atoms with Crippen molar-refractivity contribution in [3.8, 4) is 34.5 Å². The first-order chi connectivity index (χ1) is 15.5. The quantitative estimate of drug-likeness (QED) is 0.146. The first-order valence-electron chi connectivity index (χ1n) is 9.33. The number of hydrogen-bond donors (Lipinski definition) is 8. The summed E-state index contributed by atoms with van der Waals surface area (Å²) in [7, 11) is 0. The van der Waals surface area contributed by atoms with Crippen LogP contribution in [0, 0.1) is 0 Å². The van der Waals surface area contributed by atoms with Crippen LogP contribution in [0.5, 0.6) is 34.5 Å². The summed E-state index contributed by atoms with van der Waals surface area (Å²) in [6, 6.07) is 3.60. The number of hydrogen-bond acceptors (Lipinski definition) is 13. The molecule has 33 heavy (non-hydrogen) atoms. The Morgan fingerprint density at radius 3 is 2.09 bits per heavy atom. The number of aromatic hydroxyl groups is 5. The normalized spacial score (nSPS) is 24.8. The van der Waals surface area contributed by atoms with Crippen molar-refractivity contribution in [3.05, 3.63) is 35.4 Å². The lowest BCUT2D eigenvalue weighted by molar-refractivity contribution is -0.277. The minimum atomic E-state index is -1.85. The zero-order valence-corrected chi connectivity index (χ0v) is 16.6. The lowest BCUT2D eigenvalue weighted by atomic mass is 9.99. The Bertz CT molecular complexity index is 1030. The summed E-state index contributed by atoms with van der Waals surface area (Å²) >= 11 is 0. The fraction of sp³-hybridized carbons (Fsp3) is 0.300. The third kappa shape index (κ3) is 4.85. The molecule has 178 valence electrons. The molecule has 3 rings (SSSR count). The van der Waals surface area contributed by atoms with E-state index in [0.29, 0.717) is 6.29 Å². The highest BCUT2D eigenvalue weighted by Crippen LogP contribution is 2.38. The van der Waals surface area contributed by atoms with Gasteiger partial charge in [-0.3, -0.25) is 4.79 Å². The highest BCUT2D eigenvalue weighted by Gasteiger charge is 2.45. The number of benzene rings is 2. The molecule has 0 spiro atoms. The summed E-state index contributed by atoms with van der Waals surface area (Å²) in [5.41, 5.74) is -0.440. The molecule has 1 saturated heterocycles. The Morgan fingerprint density at radius 1 is 0.879 bits per heavy atom. The van der Waals surface area contributed by atoms with Crippen LogP contribution >= 0.6 is 0 Å². The number of carbonyl (C=O) groups excluding carboxylic acids is 2. The third-order valence-electron chi connectivity index (χ3n) is 4.81. The highest BCUT2D eigenvalue weighted by molar-refractivity contribution is 5.91. The second-order valence-corrected chi connectivity index (χ2v) is 7.10. The van der Waals surface area contributed by atoms with E-state index in [0.717, 1.165) is 24.3 Å². The van der Waals surface area contributed by atoms with Crippen LogP contribution in [-0.2, 0) is 9.47 Å². The maximum Gasteiger partial charge on any atom is 0.338 e. The summed E-state index contributed by atoms with van der Waals surface area (Å²) in [6.45, 7) is -0.697. The van der Waals surface area contributed by atoms with Crippen LogP contribution in [0.4, 0.5) is 0 Å². The van der Waals surface area contributed by atoms with Crippen molar-refractivity contribution in [2.75, 3.05) is 6.61 Å². The van der Waals surface area contributed by atoms with Crippen LogP contribution < -0.4 is 4.74 Å². The van der Waals surface area contributed by atoms with Gasteiger partial charge in [-0.25, -0.2) is 4.79 Å². The van der Waals surface area contributed by atoms with Gasteiger partial charge in [-0.15, -0.1) is 0 Å². The van der Waals surface area contributed by atoms with Crippen LogP contribution in [-0.4, -0.2) is 90.4 Å². The van der Waals surface area contributed by atoms with E-state index < -0.39 is 77.8 Å². The van der Waals surface area contributed by atoms with Crippen molar-refractivity contribution in [1.82, 2.24) is 0 Å². The molecule has 0 saturated carbocycles. The second-order valence-electron chi connectivity index (χ2n) is 7.10. The molecule has 1 aliphatic rings. The number of ether oxygens (including phenoxy) is 3. The number of carbonyl (C=O) groups is 2. The SMILES string of the molecule is O=Cc1cc(O)c(O)c(OC2OC(COC(=O)c3cc(O)c(O)c(O)c3)C(O)C(O)C2O)c1. The van der Waals surface area contributed by atoms with Gasteiger partial charge < -0.3 is 55.1 Å². The van der Waals surface area contributed by atoms with Gasteiger partial charge in [0.25, 0.3) is 0 Å². The van der Waals surface area contributed by atoms with E-state index in [9.17, 15) is 50.4 Å². The molecule has 0 aromatic heterocycles. The van der Waals surface area contributed by atoms with Crippen LogP contribution in [0.15, 0.2) is 24.3 Å². The molecule has 1 fully saturated rings. The molecule has 5 unspecified atom stereocenters. The second kappa shape index (κ2) is 9.38. The molecule has 0 aliphatic carbocycles. The average Bonchev–Trinajstić information content (AvgIpc) is 2.78. The molecule has 0 amide bonds. The Labute approximate surface area is 184 Å². The van der Waals surface area contributed by atoms with Crippen molar-refractivity contribution in [2.45, 2.75) is 30.7 Å². The summed E-state index contributed by atoms with van der Waals surface area (Å²) in [5.74, 6) is -5.49. The van der Waals surface area contributed by atoms with Gasteiger partial charge >= 0.3 is 5.97 Å². The smallest absolute Gasteiger partial charge is 0.338 e. The number of esters is 1. The van der Waals surface area contributed by atoms with Crippen LogP contribution in [0.2, 0.25) is 0 Å². The molecule has 2 aromatic rings. The monoisotopic (exact) mass is 468 g/mol. The van der Waals surface area contributed by atoms with Crippen LogP contribution in [0.25, 0.3) is 0 Å². The zero-order valence-electron chi connectivity index (χ0n) is 16.6. The molecule has 13 heteroatoms. The first kappa shape index (κ1) is 23.9. The van der Waals surface area contributed by atoms with E-state index in [1.165, 1.54) is 0 Å². The fourth-order valence-corrected chi connectivity index (χ4v) is 3.01. The van der Waals surface area contributed by atoms with E-state index in [1.807, 2.05) is 0 Å². The lowest BCUT2D eigenvalue weighted by Gasteiger charge is -2.39. The minimum absolute atomic E-state index is 0.0861. The van der Waals surface area contributed by atoms with Gasteiger partial charge in [-0.1, -0.05) is 0 Å². The van der Waals surface area contributed by atoms with E-state index in [1.54, 1.807) is 0 Å². The molecular weight excluding hydrogens is 448 g/mol. The first-order valence-corrected chi connectivity index (χ1v) is 9.33.